The summed E-state index contributed by atoms with van der Waals surface area (Å²) in [7, 11) is 1.61. The molecule has 3 rings (SSSR count). The first-order chi connectivity index (χ1) is 10.3. The minimum absolute atomic E-state index is 0.556. The Morgan fingerprint density at radius 2 is 2.00 bits per heavy atom. The first-order valence-corrected chi connectivity index (χ1v) is 6.86. The molecular weight excluding hydrogens is 270 g/mol. The quantitative estimate of drug-likeness (QED) is 0.931. The molecule has 1 aliphatic rings. The third kappa shape index (κ3) is 2.56. The van der Waals surface area contributed by atoms with Crippen LogP contribution in [0.5, 0.6) is 17.2 Å². The fraction of sp³-hybridized carbons (Fsp3) is 0.333. The first-order valence-electron chi connectivity index (χ1n) is 6.86. The molecule has 0 amide bonds. The first kappa shape index (κ1) is 13.5. The summed E-state index contributed by atoms with van der Waals surface area (Å²) in [6, 6.07) is 5.74. The lowest BCUT2D eigenvalue weighted by molar-refractivity contribution is 0.171. The lowest BCUT2D eigenvalue weighted by atomic mass is 10.1. The molecule has 1 aromatic carbocycles. The minimum Gasteiger partial charge on any atom is -0.491 e. The number of hydrogen-bond acceptors (Lipinski definition) is 6. The maximum atomic E-state index is 5.61. The Balaban J connectivity index is 2.05. The van der Waals surface area contributed by atoms with Crippen LogP contribution in [0.3, 0.4) is 0 Å². The highest BCUT2D eigenvalue weighted by atomic mass is 16.6. The second-order valence-corrected chi connectivity index (χ2v) is 4.49. The van der Waals surface area contributed by atoms with Crippen LogP contribution in [-0.4, -0.2) is 36.8 Å². The topological polar surface area (TPSA) is 65.5 Å². The standard InChI is InChI=1S/C15H17N3O3/c1-3-16-15-14(19-2)13(17-9-18-15)10-4-5-11-12(8-10)21-7-6-20-11/h4-5,8-9H,3,6-7H2,1-2H3,(H,16,17,18). The third-order valence-electron chi connectivity index (χ3n) is 3.17. The molecule has 0 saturated heterocycles. The molecule has 6 nitrogen and oxygen atoms in total. The van der Waals surface area contributed by atoms with Crippen LogP contribution in [0.1, 0.15) is 6.92 Å². The van der Waals surface area contributed by atoms with Gasteiger partial charge >= 0.3 is 0 Å². The molecule has 21 heavy (non-hydrogen) atoms. The van der Waals surface area contributed by atoms with Crippen molar-refractivity contribution in [3.05, 3.63) is 24.5 Å². The molecule has 0 spiro atoms. The van der Waals surface area contributed by atoms with Gasteiger partial charge in [-0.15, -0.1) is 0 Å². The summed E-state index contributed by atoms with van der Waals surface area (Å²) >= 11 is 0. The van der Waals surface area contributed by atoms with E-state index in [1.807, 2.05) is 25.1 Å². The Morgan fingerprint density at radius 1 is 1.19 bits per heavy atom. The largest absolute Gasteiger partial charge is 0.491 e. The minimum atomic E-state index is 0.556. The van der Waals surface area contributed by atoms with Crippen molar-refractivity contribution in [3.63, 3.8) is 0 Å². The van der Waals surface area contributed by atoms with E-state index >= 15 is 0 Å². The lowest BCUT2D eigenvalue weighted by Crippen LogP contribution is -2.15. The molecular formula is C15H17N3O3. The molecule has 0 radical (unpaired) electrons. The van der Waals surface area contributed by atoms with Gasteiger partial charge < -0.3 is 19.5 Å². The van der Waals surface area contributed by atoms with E-state index in [2.05, 4.69) is 15.3 Å². The van der Waals surface area contributed by atoms with Crippen molar-refractivity contribution in [1.29, 1.82) is 0 Å². The molecule has 1 aliphatic heterocycles. The number of aromatic nitrogens is 2. The molecule has 110 valence electrons. The average molecular weight is 287 g/mol. The summed E-state index contributed by atoms with van der Waals surface area (Å²) < 4.78 is 16.6. The van der Waals surface area contributed by atoms with Crippen LogP contribution in [0.2, 0.25) is 0 Å². The van der Waals surface area contributed by atoms with E-state index in [9.17, 15) is 0 Å². The van der Waals surface area contributed by atoms with Gasteiger partial charge in [-0.05, 0) is 25.1 Å². The number of methoxy groups -OCH3 is 1. The fourth-order valence-corrected chi connectivity index (χ4v) is 2.26. The van der Waals surface area contributed by atoms with Crippen molar-refractivity contribution in [1.82, 2.24) is 9.97 Å². The van der Waals surface area contributed by atoms with Crippen molar-refractivity contribution in [2.24, 2.45) is 0 Å². The highest BCUT2D eigenvalue weighted by Crippen LogP contribution is 2.38. The Bertz CT molecular complexity index is 646. The van der Waals surface area contributed by atoms with Gasteiger partial charge in [0.25, 0.3) is 0 Å². The van der Waals surface area contributed by atoms with Crippen molar-refractivity contribution in [3.8, 4) is 28.5 Å². The number of fused-ring (bicyclic) bond motifs is 1. The summed E-state index contributed by atoms with van der Waals surface area (Å²) in [6.07, 6.45) is 1.52. The monoisotopic (exact) mass is 287 g/mol. The van der Waals surface area contributed by atoms with Gasteiger partial charge in [0.05, 0.1) is 7.11 Å². The van der Waals surface area contributed by atoms with Crippen LogP contribution in [0.4, 0.5) is 5.82 Å². The smallest absolute Gasteiger partial charge is 0.187 e. The van der Waals surface area contributed by atoms with Crippen LogP contribution >= 0.6 is 0 Å². The molecule has 0 aliphatic carbocycles. The molecule has 2 aromatic rings. The normalized spacial score (nSPS) is 12.9. The summed E-state index contributed by atoms with van der Waals surface area (Å²) in [5.74, 6) is 2.78. The Hall–Kier alpha value is -2.50. The predicted octanol–water partition coefficient (Wildman–Crippen LogP) is 2.36. The summed E-state index contributed by atoms with van der Waals surface area (Å²) in [6.45, 7) is 3.90. The maximum absolute atomic E-state index is 5.61. The number of nitrogens with zero attached hydrogens (tertiary/aromatic N) is 2. The van der Waals surface area contributed by atoms with E-state index in [1.54, 1.807) is 7.11 Å². The molecule has 0 unspecified atom stereocenters. The van der Waals surface area contributed by atoms with Crippen molar-refractivity contribution >= 4 is 5.82 Å². The fourth-order valence-electron chi connectivity index (χ4n) is 2.26. The van der Waals surface area contributed by atoms with E-state index in [0.717, 1.165) is 29.3 Å². The summed E-state index contributed by atoms with van der Waals surface area (Å²) in [5.41, 5.74) is 1.62. The van der Waals surface area contributed by atoms with Crippen molar-refractivity contribution in [2.45, 2.75) is 6.92 Å². The number of rotatable bonds is 4. The van der Waals surface area contributed by atoms with Gasteiger partial charge in [0.15, 0.2) is 23.1 Å². The molecule has 2 heterocycles. The summed E-state index contributed by atoms with van der Waals surface area (Å²) in [4.78, 5) is 8.55. The highest BCUT2D eigenvalue weighted by Gasteiger charge is 2.17. The zero-order valence-electron chi connectivity index (χ0n) is 12.0. The van der Waals surface area contributed by atoms with Gasteiger partial charge in [-0.25, -0.2) is 9.97 Å². The van der Waals surface area contributed by atoms with Gasteiger partial charge in [0, 0.05) is 12.1 Å². The maximum Gasteiger partial charge on any atom is 0.187 e. The van der Waals surface area contributed by atoms with E-state index in [-0.39, 0.29) is 0 Å². The van der Waals surface area contributed by atoms with Crippen molar-refractivity contribution in [2.75, 3.05) is 32.2 Å². The zero-order valence-corrected chi connectivity index (χ0v) is 12.0. The van der Waals surface area contributed by atoms with Crippen LogP contribution in [-0.2, 0) is 0 Å². The average Bonchev–Trinajstić information content (AvgIpc) is 2.54. The SMILES string of the molecule is CCNc1ncnc(-c2ccc3c(c2)OCCO3)c1OC. The number of ether oxygens (including phenoxy) is 3. The van der Waals surface area contributed by atoms with Crippen LogP contribution in [0.25, 0.3) is 11.3 Å². The Labute approximate surface area is 123 Å². The van der Waals surface area contributed by atoms with Gasteiger partial charge in [-0.3, -0.25) is 0 Å². The summed E-state index contributed by atoms with van der Waals surface area (Å²) in [5, 5.41) is 3.17. The molecule has 0 fully saturated rings. The predicted molar refractivity (Wildman–Crippen MR) is 79.2 cm³/mol. The number of anilines is 1. The molecule has 0 atom stereocenters. The van der Waals surface area contributed by atoms with E-state index < -0.39 is 0 Å². The molecule has 0 bridgehead atoms. The van der Waals surface area contributed by atoms with Crippen molar-refractivity contribution < 1.29 is 14.2 Å². The third-order valence-corrected chi connectivity index (χ3v) is 3.17. The van der Waals surface area contributed by atoms with Gasteiger partial charge in [-0.1, -0.05) is 0 Å². The number of hydrogen-bond donors (Lipinski definition) is 1. The van der Waals surface area contributed by atoms with Gasteiger partial charge in [0.1, 0.15) is 25.2 Å². The second kappa shape index (κ2) is 5.87. The van der Waals surface area contributed by atoms with E-state index in [4.69, 9.17) is 14.2 Å². The number of nitrogens with one attached hydrogen (secondary N) is 1. The Morgan fingerprint density at radius 3 is 2.76 bits per heavy atom. The zero-order chi connectivity index (χ0) is 14.7. The molecule has 0 saturated carbocycles. The highest BCUT2D eigenvalue weighted by molar-refractivity contribution is 5.74. The number of benzene rings is 1. The molecule has 6 heteroatoms. The van der Waals surface area contributed by atoms with Crippen LogP contribution in [0, 0.1) is 0 Å². The van der Waals surface area contributed by atoms with Gasteiger partial charge in [-0.2, -0.15) is 0 Å². The lowest BCUT2D eigenvalue weighted by Gasteiger charge is -2.19. The molecule has 1 aromatic heterocycles. The second-order valence-electron chi connectivity index (χ2n) is 4.49. The van der Waals surface area contributed by atoms with Crippen LogP contribution in [0.15, 0.2) is 24.5 Å². The van der Waals surface area contributed by atoms with E-state index in [1.165, 1.54) is 6.33 Å². The van der Waals surface area contributed by atoms with Crippen LogP contribution < -0.4 is 19.5 Å². The van der Waals surface area contributed by atoms with E-state index in [0.29, 0.717) is 24.8 Å². The molecule has 1 N–H and O–H groups in total. The van der Waals surface area contributed by atoms with Gasteiger partial charge in [0.2, 0.25) is 0 Å². The Kier molecular flexibility index (Phi) is 3.77.